The van der Waals surface area contributed by atoms with Crippen LogP contribution < -0.4 is 0 Å². The zero-order chi connectivity index (χ0) is 15.4. The monoisotopic (exact) mass is 286 g/mol. The zero-order valence-corrected chi connectivity index (χ0v) is 12.6. The molecule has 1 saturated carbocycles. The minimum absolute atomic E-state index is 0.103. The summed E-state index contributed by atoms with van der Waals surface area (Å²) in [7, 11) is 0. The first kappa shape index (κ1) is 17.1. The number of aliphatic hydroxyl groups excluding tert-OH is 1. The van der Waals surface area contributed by atoms with Gasteiger partial charge in [-0.25, -0.2) is 4.79 Å². The third-order valence-corrected chi connectivity index (χ3v) is 4.51. The van der Waals surface area contributed by atoms with Gasteiger partial charge in [-0.2, -0.15) is 0 Å². The van der Waals surface area contributed by atoms with Crippen molar-refractivity contribution in [3.05, 3.63) is 12.2 Å². The summed E-state index contributed by atoms with van der Waals surface area (Å²) in [6.07, 6.45) is 4.74. The van der Waals surface area contributed by atoms with Gasteiger partial charge in [0.1, 0.15) is 5.60 Å². The lowest BCUT2D eigenvalue weighted by Crippen LogP contribution is -2.66. The van der Waals surface area contributed by atoms with Gasteiger partial charge in [0.15, 0.2) is 0 Å². The second-order valence-electron chi connectivity index (χ2n) is 6.15. The summed E-state index contributed by atoms with van der Waals surface area (Å²) < 4.78 is 4.76. The predicted molar refractivity (Wildman–Crippen MR) is 75.0 cm³/mol. The third-order valence-electron chi connectivity index (χ3n) is 4.51. The van der Waals surface area contributed by atoms with Gasteiger partial charge in [0.25, 0.3) is 0 Å². The van der Waals surface area contributed by atoms with Crippen LogP contribution in [0.15, 0.2) is 12.2 Å². The van der Waals surface area contributed by atoms with Crippen molar-refractivity contribution in [3.63, 3.8) is 0 Å². The fraction of sp³-hybridized carbons (Fsp3) is 0.800. The minimum Gasteiger partial charge on any atom is -0.463 e. The molecule has 116 valence electrons. The molecule has 0 aliphatic heterocycles. The third kappa shape index (κ3) is 3.05. The van der Waals surface area contributed by atoms with Gasteiger partial charge in [-0.15, -0.1) is 0 Å². The normalized spacial score (nSPS) is 33.3. The van der Waals surface area contributed by atoms with Gasteiger partial charge >= 0.3 is 5.97 Å². The number of rotatable bonds is 5. The van der Waals surface area contributed by atoms with Crippen molar-refractivity contribution in [2.75, 3.05) is 13.2 Å². The fourth-order valence-electron chi connectivity index (χ4n) is 3.04. The highest BCUT2D eigenvalue weighted by atomic mass is 16.5. The van der Waals surface area contributed by atoms with E-state index in [4.69, 9.17) is 4.74 Å². The van der Waals surface area contributed by atoms with E-state index in [1.807, 2.05) is 13.8 Å². The number of esters is 1. The van der Waals surface area contributed by atoms with Crippen molar-refractivity contribution in [2.45, 2.75) is 57.7 Å². The van der Waals surface area contributed by atoms with Gasteiger partial charge < -0.3 is 20.1 Å². The molecule has 0 bridgehead atoms. The van der Waals surface area contributed by atoms with E-state index in [0.29, 0.717) is 13.0 Å². The Morgan fingerprint density at radius 3 is 2.50 bits per heavy atom. The smallest absolute Gasteiger partial charge is 0.330 e. The summed E-state index contributed by atoms with van der Waals surface area (Å²) in [6, 6.07) is 0. The summed E-state index contributed by atoms with van der Waals surface area (Å²) in [5.74, 6) is -0.473. The zero-order valence-electron chi connectivity index (χ0n) is 12.6. The van der Waals surface area contributed by atoms with Crippen molar-refractivity contribution in [2.24, 2.45) is 5.41 Å². The van der Waals surface area contributed by atoms with Gasteiger partial charge in [0, 0.05) is 6.08 Å². The summed E-state index contributed by atoms with van der Waals surface area (Å²) in [5, 5.41) is 31.1. The quantitative estimate of drug-likeness (QED) is 0.521. The molecule has 0 heterocycles. The van der Waals surface area contributed by atoms with Crippen LogP contribution in [0.5, 0.6) is 0 Å². The van der Waals surface area contributed by atoms with Crippen LogP contribution in [0.4, 0.5) is 0 Å². The molecule has 0 aromatic rings. The molecule has 0 aromatic carbocycles. The van der Waals surface area contributed by atoms with E-state index in [9.17, 15) is 20.1 Å². The summed E-state index contributed by atoms with van der Waals surface area (Å²) in [4.78, 5) is 11.2. The predicted octanol–water partition coefficient (Wildman–Crippen LogP) is 1.16. The molecule has 2 atom stereocenters. The molecule has 5 heteroatoms. The van der Waals surface area contributed by atoms with E-state index in [-0.39, 0.29) is 6.42 Å². The standard InChI is InChI=1S/C15H26O5/c1-4-20-12(17)7-5-9-14(18)10-6-8-13(2,3)15(14,19)11-16/h5,7,16,18-19H,4,6,8-11H2,1-3H3/b7-5+/t14-,15+/m1/s1. The van der Waals surface area contributed by atoms with Gasteiger partial charge in [-0.3, -0.25) is 0 Å². The van der Waals surface area contributed by atoms with Crippen molar-refractivity contribution in [1.82, 2.24) is 0 Å². The largest absolute Gasteiger partial charge is 0.463 e. The lowest BCUT2D eigenvalue weighted by atomic mass is 9.57. The number of hydrogen-bond donors (Lipinski definition) is 3. The maximum atomic E-state index is 11.2. The topological polar surface area (TPSA) is 87.0 Å². The summed E-state index contributed by atoms with van der Waals surface area (Å²) in [5.41, 5.74) is -3.61. The Bertz CT molecular complexity index is 376. The van der Waals surface area contributed by atoms with Crippen LogP contribution in [0.2, 0.25) is 0 Å². The maximum absolute atomic E-state index is 11.2. The van der Waals surface area contributed by atoms with Gasteiger partial charge in [-0.1, -0.05) is 19.9 Å². The number of hydrogen-bond acceptors (Lipinski definition) is 5. The van der Waals surface area contributed by atoms with Crippen LogP contribution in [-0.2, 0) is 9.53 Å². The van der Waals surface area contributed by atoms with Crippen LogP contribution in [0, 0.1) is 5.41 Å². The molecule has 20 heavy (non-hydrogen) atoms. The van der Waals surface area contributed by atoms with Crippen molar-refractivity contribution < 1.29 is 24.9 Å². The SMILES string of the molecule is CCOC(=O)/C=C/C[C@@]1(O)CCCC(C)(C)[C@@]1(O)CO. The van der Waals surface area contributed by atoms with Crippen molar-refractivity contribution in [1.29, 1.82) is 0 Å². The fourth-order valence-corrected chi connectivity index (χ4v) is 3.04. The number of carbonyl (C=O) groups is 1. The molecule has 3 N–H and O–H groups in total. The van der Waals surface area contributed by atoms with E-state index < -0.39 is 29.2 Å². The Kier molecular flexibility index (Phi) is 5.35. The number of ether oxygens (including phenoxy) is 1. The molecule has 0 aromatic heterocycles. The first-order valence-corrected chi connectivity index (χ1v) is 7.11. The Morgan fingerprint density at radius 1 is 1.30 bits per heavy atom. The summed E-state index contributed by atoms with van der Waals surface area (Å²) in [6.45, 7) is 5.17. The molecule has 0 saturated heterocycles. The first-order chi connectivity index (χ1) is 9.22. The Morgan fingerprint density at radius 2 is 1.95 bits per heavy atom. The van der Waals surface area contributed by atoms with E-state index in [1.54, 1.807) is 6.92 Å². The molecule has 1 aliphatic rings. The van der Waals surface area contributed by atoms with E-state index in [1.165, 1.54) is 12.2 Å². The summed E-state index contributed by atoms with van der Waals surface area (Å²) >= 11 is 0. The minimum atomic E-state index is -1.59. The van der Waals surface area contributed by atoms with Crippen molar-refractivity contribution in [3.8, 4) is 0 Å². The van der Waals surface area contributed by atoms with Crippen LogP contribution in [0.1, 0.15) is 46.5 Å². The molecule has 5 nitrogen and oxygen atoms in total. The molecular weight excluding hydrogens is 260 g/mol. The Labute approximate surface area is 120 Å². The van der Waals surface area contributed by atoms with E-state index in [0.717, 1.165) is 12.8 Å². The average Bonchev–Trinajstić information content (AvgIpc) is 2.36. The molecule has 1 aliphatic carbocycles. The van der Waals surface area contributed by atoms with Gasteiger partial charge in [0.2, 0.25) is 0 Å². The number of aliphatic hydroxyl groups is 3. The Hall–Kier alpha value is -0.910. The van der Waals surface area contributed by atoms with Gasteiger partial charge in [-0.05, 0) is 38.0 Å². The lowest BCUT2D eigenvalue weighted by Gasteiger charge is -2.55. The molecule has 0 radical (unpaired) electrons. The highest BCUT2D eigenvalue weighted by Gasteiger charge is 2.59. The van der Waals surface area contributed by atoms with Crippen molar-refractivity contribution >= 4 is 5.97 Å². The maximum Gasteiger partial charge on any atom is 0.330 e. The van der Waals surface area contributed by atoms with Crippen LogP contribution in [-0.4, -0.2) is 45.7 Å². The number of carbonyl (C=O) groups excluding carboxylic acids is 1. The second kappa shape index (κ2) is 6.24. The molecule has 1 fully saturated rings. The first-order valence-electron chi connectivity index (χ1n) is 7.11. The van der Waals surface area contributed by atoms with E-state index >= 15 is 0 Å². The molecular formula is C15H26O5. The molecule has 0 amide bonds. The van der Waals surface area contributed by atoms with Gasteiger partial charge in [0.05, 0.1) is 18.8 Å². The lowest BCUT2D eigenvalue weighted by molar-refractivity contribution is -0.245. The Balaban J connectivity index is 2.87. The molecule has 0 spiro atoms. The highest BCUT2D eigenvalue weighted by molar-refractivity contribution is 5.81. The van der Waals surface area contributed by atoms with Crippen LogP contribution in [0.25, 0.3) is 0 Å². The molecule has 1 rings (SSSR count). The average molecular weight is 286 g/mol. The second-order valence-corrected chi connectivity index (χ2v) is 6.15. The highest BCUT2D eigenvalue weighted by Crippen LogP contribution is 2.50. The molecule has 0 unspecified atom stereocenters. The van der Waals surface area contributed by atoms with Crippen LogP contribution >= 0.6 is 0 Å². The van der Waals surface area contributed by atoms with E-state index in [2.05, 4.69) is 0 Å². The van der Waals surface area contributed by atoms with Crippen LogP contribution in [0.3, 0.4) is 0 Å².